The van der Waals surface area contributed by atoms with Gasteiger partial charge in [-0.15, -0.1) is 0 Å². The highest BCUT2D eigenvalue weighted by Gasteiger charge is 2.36. The summed E-state index contributed by atoms with van der Waals surface area (Å²) >= 11 is 5.88. The average molecular weight is 320 g/mol. The summed E-state index contributed by atoms with van der Waals surface area (Å²) in [5.74, 6) is 0.143. The zero-order valence-electron chi connectivity index (χ0n) is 11.0. The average Bonchev–Trinajstić information content (AvgIpc) is 2.80. The van der Waals surface area contributed by atoms with E-state index in [0.717, 1.165) is 18.9 Å². The summed E-state index contributed by atoms with van der Waals surface area (Å²) in [4.78, 5) is 7.72. The Labute approximate surface area is 123 Å². The molecule has 1 saturated heterocycles. The molecule has 2 aromatic rings. The molecule has 8 heteroatoms. The maximum Gasteiger partial charge on any atom is 0.431 e. The van der Waals surface area contributed by atoms with Crippen LogP contribution in [0.25, 0.3) is 11.0 Å². The van der Waals surface area contributed by atoms with Crippen molar-refractivity contribution in [3.63, 3.8) is 0 Å². The minimum absolute atomic E-state index is 0.0382. The van der Waals surface area contributed by atoms with E-state index >= 15 is 0 Å². The number of halogens is 4. The van der Waals surface area contributed by atoms with Crippen LogP contribution in [-0.4, -0.2) is 27.7 Å². The third-order valence-corrected chi connectivity index (χ3v) is 4.02. The molecule has 0 bridgehead atoms. The quantitative estimate of drug-likeness (QED) is 0.795. The van der Waals surface area contributed by atoms with Crippen molar-refractivity contribution >= 4 is 22.6 Å². The van der Waals surface area contributed by atoms with E-state index in [4.69, 9.17) is 16.3 Å². The first kappa shape index (κ1) is 14.6. The van der Waals surface area contributed by atoms with Crippen LogP contribution in [0.1, 0.15) is 18.5 Å². The lowest BCUT2D eigenvalue weighted by Crippen LogP contribution is -2.23. The maximum absolute atomic E-state index is 13.2. The first-order valence-corrected chi connectivity index (χ1v) is 6.99. The molecule has 1 aliphatic heterocycles. The van der Waals surface area contributed by atoms with Gasteiger partial charge in [-0.05, 0) is 24.8 Å². The van der Waals surface area contributed by atoms with Crippen molar-refractivity contribution in [2.45, 2.75) is 25.6 Å². The number of aromatic nitrogens is 3. The van der Waals surface area contributed by atoms with Gasteiger partial charge in [0.2, 0.25) is 0 Å². The van der Waals surface area contributed by atoms with Crippen LogP contribution in [0.4, 0.5) is 13.2 Å². The predicted octanol–water partition coefficient (Wildman–Crippen LogP) is 3.53. The Bertz CT molecular complexity index is 650. The Hall–Kier alpha value is -1.34. The summed E-state index contributed by atoms with van der Waals surface area (Å²) in [5.41, 5.74) is -0.500. The molecule has 4 nitrogen and oxygen atoms in total. The van der Waals surface area contributed by atoms with Crippen LogP contribution in [0.15, 0.2) is 12.4 Å². The minimum Gasteiger partial charge on any atom is -0.381 e. The largest absolute Gasteiger partial charge is 0.431 e. The molecule has 0 unspecified atom stereocenters. The second-order valence-electron chi connectivity index (χ2n) is 5.10. The van der Waals surface area contributed by atoms with E-state index in [2.05, 4.69) is 9.97 Å². The standard InChI is InChI=1S/C13H13ClF3N3O/c14-11-9-5-10(13(15,16)17)20(12(9)19-7-18-11)6-8-1-3-21-4-2-8/h5,7-8H,1-4,6H2. The van der Waals surface area contributed by atoms with Gasteiger partial charge in [-0.3, -0.25) is 0 Å². The molecule has 2 aromatic heterocycles. The fraction of sp³-hybridized carbons (Fsp3) is 0.538. The fourth-order valence-corrected chi connectivity index (χ4v) is 2.82. The Morgan fingerprint density at radius 1 is 1.29 bits per heavy atom. The van der Waals surface area contributed by atoms with Crippen LogP contribution in [0.3, 0.4) is 0 Å². The summed E-state index contributed by atoms with van der Waals surface area (Å²) in [7, 11) is 0. The molecule has 0 spiro atoms. The van der Waals surface area contributed by atoms with Crippen molar-refractivity contribution in [1.82, 2.24) is 14.5 Å². The van der Waals surface area contributed by atoms with Gasteiger partial charge in [-0.25, -0.2) is 9.97 Å². The van der Waals surface area contributed by atoms with Gasteiger partial charge in [0.25, 0.3) is 0 Å². The molecule has 0 amide bonds. The fourth-order valence-electron chi connectivity index (χ4n) is 2.64. The molecule has 0 radical (unpaired) electrons. The second kappa shape index (κ2) is 5.46. The Kier molecular flexibility index (Phi) is 3.79. The molecular formula is C13H13ClF3N3O. The Balaban J connectivity index is 2.07. The van der Waals surface area contributed by atoms with Crippen LogP contribution in [0, 0.1) is 5.92 Å². The van der Waals surface area contributed by atoms with Gasteiger partial charge in [-0.2, -0.15) is 13.2 Å². The van der Waals surface area contributed by atoms with E-state index in [1.54, 1.807) is 0 Å². The summed E-state index contributed by atoms with van der Waals surface area (Å²) in [6.07, 6.45) is -1.77. The highest BCUT2D eigenvalue weighted by atomic mass is 35.5. The van der Waals surface area contributed by atoms with Crippen LogP contribution in [-0.2, 0) is 17.5 Å². The molecule has 21 heavy (non-hydrogen) atoms. The molecule has 114 valence electrons. The highest BCUT2D eigenvalue weighted by Crippen LogP contribution is 2.36. The number of rotatable bonds is 2. The number of fused-ring (bicyclic) bond motifs is 1. The van der Waals surface area contributed by atoms with Crippen molar-refractivity contribution in [3.05, 3.63) is 23.2 Å². The predicted molar refractivity (Wildman–Crippen MR) is 71.1 cm³/mol. The van der Waals surface area contributed by atoms with E-state index in [1.807, 2.05) is 0 Å². The molecule has 3 rings (SSSR count). The third kappa shape index (κ3) is 2.85. The van der Waals surface area contributed by atoms with Crippen molar-refractivity contribution < 1.29 is 17.9 Å². The molecule has 0 saturated carbocycles. The van der Waals surface area contributed by atoms with Gasteiger partial charge < -0.3 is 9.30 Å². The molecule has 0 aliphatic carbocycles. The van der Waals surface area contributed by atoms with E-state index in [-0.39, 0.29) is 28.6 Å². The lowest BCUT2D eigenvalue weighted by molar-refractivity contribution is -0.143. The molecule has 1 fully saturated rings. The van der Waals surface area contributed by atoms with Crippen LogP contribution < -0.4 is 0 Å². The Morgan fingerprint density at radius 3 is 2.67 bits per heavy atom. The van der Waals surface area contributed by atoms with Gasteiger partial charge in [0, 0.05) is 19.8 Å². The van der Waals surface area contributed by atoms with Crippen molar-refractivity contribution in [2.75, 3.05) is 13.2 Å². The monoisotopic (exact) mass is 319 g/mol. The number of alkyl halides is 3. The van der Waals surface area contributed by atoms with Crippen molar-refractivity contribution in [1.29, 1.82) is 0 Å². The number of hydrogen-bond donors (Lipinski definition) is 0. The highest BCUT2D eigenvalue weighted by molar-refractivity contribution is 6.33. The summed E-state index contributed by atoms with van der Waals surface area (Å²) in [6.45, 7) is 1.43. The molecule has 0 aromatic carbocycles. The number of hydrogen-bond acceptors (Lipinski definition) is 3. The molecule has 0 atom stereocenters. The van der Waals surface area contributed by atoms with Gasteiger partial charge in [0.15, 0.2) is 0 Å². The van der Waals surface area contributed by atoms with Crippen LogP contribution in [0.5, 0.6) is 0 Å². The van der Waals surface area contributed by atoms with Gasteiger partial charge >= 0.3 is 6.18 Å². The number of nitrogens with zero attached hydrogens (tertiary/aromatic N) is 3. The lowest BCUT2D eigenvalue weighted by atomic mass is 10.0. The third-order valence-electron chi connectivity index (χ3n) is 3.71. The van der Waals surface area contributed by atoms with E-state index in [0.29, 0.717) is 13.2 Å². The molecule has 0 N–H and O–H groups in total. The molecule has 3 heterocycles. The first-order valence-electron chi connectivity index (χ1n) is 6.61. The van der Waals surface area contributed by atoms with E-state index in [9.17, 15) is 13.2 Å². The van der Waals surface area contributed by atoms with E-state index < -0.39 is 11.9 Å². The summed E-state index contributed by atoms with van der Waals surface area (Å²) in [5, 5.41) is 0.273. The van der Waals surface area contributed by atoms with Crippen molar-refractivity contribution in [3.8, 4) is 0 Å². The summed E-state index contributed by atoms with van der Waals surface area (Å²) < 4.78 is 46.2. The maximum atomic E-state index is 13.2. The first-order chi connectivity index (χ1) is 9.97. The SMILES string of the molecule is FC(F)(F)c1cc2c(Cl)ncnc2n1CC1CCOCC1. The van der Waals surface area contributed by atoms with Gasteiger partial charge in [-0.1, -0.05) is 11.6 Å². The normalized spacial score (nSPS) is 17.5. The van der Waals surface area contributed by atoms with Crippen LogP contribution in [0.2, 0.25) is 5.15 Å². The lowest BCUT2D eigenvalue weighted by Gasteiger charge is -2.24. The van der Waals surface area contributed by atoms with Gasteiger partial charge in [0.05, 0.1) is 5.39 Å². The zero-order valence-corrected chi connectivity index (χ0v) is 11.8. The smallest absolute Gasteiger partial charge is 0.381 e. The van der Waals surface area contributed by atoms with Gasteiger partial charge in [0.1, 0.15) is 22.8 Å². The van der Waals surface area contributed by atoms with Crippen molar-refractivity contribution in [2.24, 2.45) is 5.92 Å². The zero-order chi connectivity index (χ0) is 15.0. The number of ether oxygens (including phenoxy) is 1. The second-order valence-corrected chi connectivity index (χ2v) is 5.45. The van der Waals surface area contributed by atoms with E-state index in [1.165, 1.54) is 10.9 Å². The molecule has 1 aliphatic rings. The van der Waals surface area contributed by atoms with Crippen LogP contribution >= 0.6 is 11.6 Å². The minimum atomic E-state index is -4.45. The summed E-state index contributed by atoms with van der Waals surface area (Å²) in [6, 6.07) is 1.02. The topological polar surface area (TPSA) is 39.9 Å². The Morgan fingerprint density at radius 2 is 2.00 bits per heavy atom. The molecular weight excluding hydrogens is 307 g/mol.